The average Bonchev–Trinajstić information content (AvgIpc) is 1.97. The SMILES string of the molecule is BOC(CC)C(OC)C(C)(C)C. The van der Waals surface area contributed by atoms with Crippen molar-refractivity contribution < 1.29 is 9.39 Å². The minimum atomic E-state index is 0.144. The molecule has 12 heavy (non-hydrogen) atoms. The lowest BCUT2D eigenvalue weighted by molar-refractivity contribution is -0.0588. The van der Waals surface area contributed by atoms with Crippen LogP contribution < -0.4 is 0 Å². The van der Waals surface area contributed by atoms with Crippen LogP contribution >= 0.6 is 0 Å². The third-order valence-electron chi connectivity index (χ3n) is 2.15. The molecule has 0 aliphatic carbocycles. The van der Waals surface area contributed by atoms with Crippen LogP contribution in [0.5, 0.6) is 0 Å². The smallest absolute Gasteiger partial charge is 0.257 e. The fraction of sp³-hybridized carbons (Fsp3) is 1.00. The molecule has 0 aliphatic rings. The summed E-state index contributed by atoms with van der Waals surface area (Å²) < 4.78 is 10.8. The Balaban J connectivity index is 4.31. The predicted molar refractivity (Wildman–Crippen MR) is 54.0 cm³/mol. The molecule has 72 valence electrons. The minimum Gasteiger partial charge on any atom is -0.439 e. The molecule has 0 radical (unpaired) electrons. The van der Waals surface area contributed by atoms with Gasteiger partial charge in [0.1, 0.15) is 0 Å². The molecule has 0 amide bonds. The van der Waals surface area contributed by atoms with Gasteiger partial charge in [-0.05, 0) is 11.8 Å². The van der Waals surface area contributed by atoms with Crippen molar-refractivity contribution in [2.24, 2.45) is 5.41 Å². The zero-order valence-electron chi connectivity index (χ0n) is 9.18. The van der Waals surface area contributed by atoms with Crippen molar-refractivity contribution in [3.63, 3.8) is 0 Å². The molecule has 2 nitrogen and oxygen atoms in total. The van der Waals surface area contributed by atoms with Crippen molar-refractivity contribution in [2.45, 2.75) is 46.3 Å². The molecule has 2 atom stereocenters. The fourth-order valence-electron chi connectivity index (χ4n) is 1.57. The molecule has 0 N–H and O–H groups in total. The lowest BCUT2D eigenvalue weighted by Crippen LogP contribution is -2.40. The van der Waals surface area contributed by atoms with Gasteiger partial charge in [0.2, 0.25) is 0 Å². The van der Waals surface area contributed by atoms with Crippen molar-refractivity contribution in [2.75, 3.05) is 7.11 Å². The summed E-state index contributed by atoms with van der Waals surface area (Å²) >= 11 is 0. The summed E-state index contributed by atoms with van der Waals surface area (Å²) in [6.45, 7) is 8.63. The van der Waals surface area contributed by atoms with Crippen LogP contribution in [0.25, 0.3) is 0 Å². The topological polar surface area (TPSA) is 18.5 Å². The number of ether oxygens (including phenoxy) is 1. The Kier molecular flexibility index (Phi) is 4.87. The lowest BCUT2D eigenvalue weighted by atomic mass is 9.84. The van der Waals surface area contributed by atoms with Crippen LogP contribution in [-0.4, -0.2) is 27.4 Å². The Morgan fingerprint density at radius 1 is 1.33 bits per heavy atom. The van der Waals surface area contributed by atoms with Gasteiger partial charge in [-0.15, -0.1) is 0 Å². The van der Waals surface area contributed by atoms with Crippen molar-refractivity contribution in [1.29, 1.82) is 0 Å². The van der Waals surface area contributed by atoms with E-state index < -0.39 is 0 Å². The summed E-state index contributed by atoms with van der Waals surface area (Å²) in [5, 5.41) is 0. The highest BCUT2D eigenvalue weighted by atomic mass is 16.5. The highest BCUT2D eigenvalue weighted by molar-refractivity contribution is 5.98. The quantitative estimate of drug-likeness (QED) is 0.596. The first-order chi connectivity index (χ1) is 5.47. The molecule has 0 spiro atoms. The molecular formula is C9H21BO2. The summed E-state index contributed by atoms with van der Waals surface area (Å²) in [6, 6.07) is 0. The van der Waals surface area contributed by atoms with Crippen molar-refractivity contribution >= 4 is 8.05 Å². The second kappa shape index (κ2) is 4.88. The second-order valence-corrected chi connectivity index (χ2v) is 4.20. The maximum absolute atomic E-state index is 5.43. The molecular weight excluding hydrogens is 151 g/mol. The van der Waals surface area contributed by atoms with Gasteiger partial charge in [0.25, 0.3) is 8.05 Å². The molecule has 2 unspecified atom stereocenters. The Labute approximate surface area is 77.1 Å². The maximum atomic E-state index is 5.43. The first-order valence-corrected chi connectivity index (χ1v) is 4.53. The van der Waals surface area contributed by atoms with E-state index in [4.69, 9.17) is 9.39 Å². The highest BCUT2D eigenvalue weighted by Crippen LogP contribution is 2.26. The van der Waals surface area contributed by atoms with Crippen LogP contribution in [0.4, 0.5) is 0 Å². The third kappa shape index (κ3) is 3.15. The molecule has 0 saturated heterocycles. The summed E-state index contributed by atoms with van der Waals surface area (Å²) in [6.07, 6.45) is 1.37. The van der Waals surface area contributed by atoms with E-state index in [2.05, 4.69) is 27.7 Å². The fourth-order valence-corrected chi connectivity index (χ4v) is 1.57. The van der Waals surface area contributed by atoms with Gasteiger partial charge < -0.3 is 9.39 Å². The van der Waals surface area contributed by atoms with Crippen molar-refractivity contribution in [3.8, 4) is 0 Å². The van der Waals surface area contributed by atoms with Crippen molar-refractivity contribution in [1.82, 2.24) is 0 Å². The van der Waals surface area contributed by atoms with Crippen LogP contribution in [0.2, 0.25) is 0 Å². The highest BCUT2D eigenvalue weighted by Gasteiger charge is 2.30. The molecule has 0 fully saturated rings. The van der Waals surface area contributed by atoms with Gasteiger partial charge >= 0.3 is 0 Å². The molecule has 3 heteroatoms. The van der Waals surface area contributed by atoms with Gasteiger partial charge in [-0.2, -0.15) is 0 Å². The summed E-state index contributed by atoms with van der Waals surface area (Å²) in [5.41, 5.74) is 0.144. The normalized spacial score (nSPS) is 17.4. The van der Waals surface area contributed by atoms with E-state index in [1.165, 1.54) is 0 Å². The number of methoxy groups -OCH3 is 1. The Morgan fingerprint density at radius 3 is 1.92 bits per heavy atom. The summed E-state index contributed by atoms with van der Waals surface area (Å²) in [4.78, 5) is 0. The zero-order valence-corrected chi connectivity index (χ0v) is 9.18. The number of rotatable bonds is 4. The lowest BCUT2D eigenvalue weighted by Gasteiger charge is -2.35. The largest absolute Gasteiger partial charge is 0.439 e. The molecule has 0 saturated carbocycles. The predicted octanol–water partition coefficient (Wildman–Crippen LogP) is 1.39. The van der Waals surface area contributed by atoms with Gasteiger partial charge in [0, 0.05) is 7.11 Å². The third-order valence-corrected chi connectivity index (χ3v) is 2.15. The zero-order chi connectivity index (χ0) is 9.78. The molecule has 0 heterocycles. The van der Waals surface area contributed by atoms with Gasteiger partial charge in [-0.25, -0.2) is 0 Å². The van der Waals surface area contributed by atoms with Gasteiger partial charge in [-0.3, -0.25) is 0 Å². The van der Waals surface area contributed by atoms with Gasteiger partial charge in [0.05, 0.1) is 12.2 Å². The standard InChI is InChI=1S/C9H21BO2/c1-6-7(12-10)8(11-5)9(2,3)4/h7-8H,6,10H2,1-5H3. The van der Waals surface area contributed by atoms with Crippen LogP contribution in [0.15, 0.2) is 0 Å². The molecule has 0 aliphatic heterocycles. The van der Waals surface area contributed by atoms with Crippen LogP contribution in [0, 0.1) is 5.41 Å². The van der Waals surface area contributed by atoms with E-state index >= 15 is 0 Å². The van der Waals surface area contributed by atoms with Crippen LogP contribution in [0.3, 0.4) is 0 Å². The summed E-state index contributed by atoms with van der Waals surface area (Å²) in [5.74, 6) is 0. The van der Waals surface area contributed by atoms with E-state index in [0.29, 0.717) is 0 Å². The van der Waals surface area contributed by atoms with E-state index in [1.807, 2.05) is 0 Å². The molecule has 0 rings (SSSR count). The minimum absolute atomic E-state index is 0.144. The van der Waals surface area contributed by atoms with E-state index in [0.717, 1.165) is 6.42 Å². The Morgan fingerprint density at radius 2 is 1.83 bits per heavy atom. The number of hydrogen-bond donors (Lipinski definition) is 0. The van der Waals surface area contributed by atoms with Crippen molar-refractivity contribution in [3.05, 3.63) is 0 Å². The van der Waals surface area contributed by atoms with E-state index in [9.17, 15) is 0 Å². The Hall–Kier alpha value is -0.0151. The maximum Gasteiger partial charge on any atom is 0.257 e. The Bertz CT molecular complexity index is 116. The van der Waals surface area contributed by atoms with Crippen LogP contribution in [-0.2, 0) is 9.39 Å². The molecule has 0 aromatic carbocycles. The molecule has 0 bridgehead atoms. The van der Waals surface area contributed by atoms with E-state index in [1.54, 1.807) is 15.2 Å². The van der Waals surface area contributed by atoms with Gasteiger partial charge in [-0.1, -0.05) is 27.7 Å². The average molecular weight is 172 g/mol. The van der Waals surface area contributed by atoms with Gasteiger partial charge in [0.15, 0.2) is 0 Å². The molecule has 0 aromatic rings. The second-order valence-electron chi connectivity index (χ2n) is 4.20. The van der Waals surface area contributed by atoms with Crippen LogP contribution in [0.1, 0.15) is 34.1 Å². The monoisotopic (exact) mass is 172 g/mol. The first kappa shape index (κ1) is 12.0. The van der Waals surface area contributed by atoms with E-state index in [-0.39, 0.29) is 17.6 Å². The molecule has 0 aromatic heterocycles. The first-order valence-electron chi connectivity index (χ1n) is 4.53. The number of hydrogen-bond acceptors (Lipinski definition) is 2. The summed E-state index contributed by atoms with van der Waals surface area (Å²) in [7, 11) is 3.49.